The summed E-state index contributed by atoms with van der Waals surface area (Å²) in [6.07, 6.45) is 2.59. The molecular weight excluding hydrogens is 254 g/mol. The molecule has 0 aromatic carbocycles. The summed E-state index contributed by atoms with van der Waals surface area (Å²) in [5.74, 6) is 7.93. The summed E-state index contributed by atoms with van der Waals surface area (Å²) in [6, 6.07) is 0. The summed E-state index contributed by atoms with van der Waals surface area (Å²) in [4.78, 5) is 8.42. The van der Waals surface area contributed by atoms with Crippen LogP contribution in [0.1, 0.15) is 45.6 Å². The van der Waals surface area contributed by atoms with Gasteiger partial charge in [0.2, 0.25) is 0 Å². The van der Waals surface area contributed by atoms with Crippen LogP contribution in [0, 0.1) is 5.92 Å². The van der Waals surface area contributed by atoms with Crippen LogP contribution < -0.4 is 16.6 Å². The number of anilines is 2. The third-order valence-corrected chi connectivity index (χ3v) is 2.98. The Labute approximate surface area is 121 Å². The molecule has 0 aliphatic rings. The Morgan fingerprint density at radius 1 is 1.15 bits per heavy atom. The van der Waals surface area contributed by atoms with E-state index in [2.05, 4.69) is 48.4 Å². The molecule has 20 heavy (non-hydrogen) atoms. The van der Waals surface area contributed by atoms with Crippen molar-refractivity contribution in [2.75, 3.05) is 30.5 Å². The van der Waals surface area contributed by atoms with Crippen molar-refractivity contribution in [3.8, 4) is 0 Å². The third kappa shape index (κ3) is 5.30. The number of aromatic nitrogens is 2. The number of hydrazine groups is 1. The standard InChI is InChI=1S/C14H27N5O/c1-10(2)5-7-20-8-6-16-13-12(11(3)4)14(19-15)18-9-17-13/h9-11H,5-8,15H2,1-4H3,(H2,16,17,18,19). The molecule has 0 bridgehead atoms. The zero-order valence-electron chi connectivity index (χ0n) is 12.9. The first kappa shape index (κ1) is 16.7. The summed E-state index contributed by atoms with van der Waals surface area (Å²) in [7, 11) is 0. The highest BCUT2D eigenvalue weighted by Crippen LogP contribution is 2.27. The highest BCUT2D eigenvalue weighted by atomic mass is 16.5. The van der Waals surface area contributed by atoms with Gasteiger partial charge in [-0.25, -0.2) is 15.8 Å². The van der Waals surface area contributed by atoms with Gasteiger partial charge in [-0.3, -0.25) is 0 Å². The summed E-state index contributed by atoms with van der Waals surface area (Å²) >= 11 is 0. The van der Waals surface area contributed by atoms with Crippen molar-refractivity contribution in [2.45, 2.75) is 40.0 Å². The monoisotopic (exact) mass is 281 g/mol. The smallest absolute Gasteiger partial charge is 0.148 e. The SMILES string of the molecule is CC(C)CCOCCNc1ncnc(NN)c1C(C)C. The number of rotatable bonds is 9. The van der Waals surface area contributed by atoms with Gasteiger partial charge in [-0.2, -0.15) is 0 Å². The maximum Gasteiger partial charge on any atom is 0.148 e. The van der Waals surface area contributed by atoms with E-state index >= 15 is 0 Å². The molecule has 1 aromatic heterocycles. The summed E-state index contributed by atoms with van der Waals surface area (Å²) in [6.45, 7) is 10.7. The molecule has 0 aliphatic heterocycles. The lowest BCUT2D eigenvalue weighted by molar-refractivity contribution is 0.132. The van der Waals surface area contributed by atoms with Crippen molar-refractivity contribution < 1.29 is 4.74 Å². The van der Waals surface area contributed by atoms with Gasteiger partial charge >= 0.3 is 0 Å². The van der Waals surface area contributed by atoms with Crippen LogP contribution >= 0.6 is 0 Å². The molecule has 0 saturated carbocycles. The van der Waals surface area contributed by atoms with Gasteiger partial charge < -0.3 is 15.5 Å². The van der Waals surface area contributed by atoms with E-state index in [0.717, 1.165) is 31.0 Å². The zero-order chi connectivity index (χ0) is 15.0. The molecular formula is C14H27N5O. The molecule has 0 fully saturated rings. The molecule has 0 unspecified atom stereocenters. The quantitative estimate of drug-likeness (QED) is 0.366. The molecule has 114 valence electrons. The normalized spacial score (nSPS) is 11.2. The second-order valence-electron chi connectivity index (χ2n) is 5.51. The van der Waals surface area contributed by atoms with Gasteiger partial charge in [0.1, 0.15) is 18.0 Å². The van der Waals surface area contributed by atoms with E-state index in [1.54, 1.807) is 0 Å². The van der Waals surface area contributed by atoms with Crippen molar-refractivity contribution in [1.29, 1.82) is 0 Å². The zero-order valence-corrected chi connectivity index (χ0v) is 12.9. The van der Waals surface area contributed by atoms with E-state index in [-0.39, 0.29) is 5.92 Å². The lowest BCUT2D eigenvalue weighted by Gasteiger charge is -2.16. The number of nitrogens with two attached hydrogens (primary N) is 1. The largest absolute Gasteiger partial charge is 0.380 e. The van der Waals surface area contributed by atoms with Crippen LogP contribution in [0.25, 0.3) is 0 Å². The number of nitrogens with one attached hydrogen (secondary N) is 2. The summed E-state index contributed by atoms with van der Waals surface area (Å²) in [5.41, 5.74) is 3.62. The van der Waals surface area contributed by atoms with Crippen molar-refractivity contribution in [3.63, 3.8) is 0 Å². The Morgan fingerprint density at radius 3 is 2.45 bits per heavy atom. The minimum atomic E-state index is 0.284. The molecule has 6 nitrogen and oxygen atoms in total. The van der Waals surface area contributed by atoms with Crippen molar-refractivity contribution in [2.24, 2.45) is 11.8 Å². The van der Waals surface area contributed by atoms with Gasteiger partial charge in [0.05, 0.1) is 6.61 Å². The van der Waals surface area contributed by atoms with E-state index < -0.39 is 0 Å². The van der Waals surface area contributed by atoms with Crippen LogP contribution in [0.2, 0.25) is 0 Å². The van der Waals surface area contributed by atoms with Crippen LogP contribution in [0.15, 0.2) is 6.33 Å². The van der Waals surface area contributed by atoms with Gasteiger partial charge in [0, 0.05) is 18.7 Å². The van der Waals surface area contributed by atoms with Crippen LogP contribution in [-0.2, 0) is 4.74 Å². The highest BCUT2D eigenvalue weighted by Gasteiger charge is 2.13. The first-order chi connectivity index (χ1) is 9.56. The van der Waals surface area contributed by atoms with Crippen molar-refractivity contribution in [3.05, 3.63) is 11.9 Å². The van der Waals surface area contributed by atoms with Crippen LogP contribution in [0.3, 0.4) is 0 Å². The predicted octanol–water partition coefficient (Wildman–Crippen LogP) is 2.36. The second-order valence-corrected chi connectivity index (χ2v) is 5.51. The molecule has 0 atom stereocenters. The second kappa shape index (κ2) is 8.71. The van der Waals surface area contributed by atoms with Crippen molar-refractivity contribution >= 4 is 11.6 Å². The van der Waals surface area contributed by atoms with Gasteiger partial charge in [-0.1, -0.05) is 27.7 Å². The van der Waals surface area contributed by atoms with Crippen LogP contribution in [0.5, 0.6) is 0 Å². The number of nitrogen functional groups attached to an aromatic ring is 1. The van der Waals surface area contributed by atoms with Crippen LogP contribution in [-0.4, -0.2) is 29.7 Å². The Balaban J connectivity index is 2.47. The fraction of sp³-hybridized carbons (Fsp3) is 0.714. The van der Waals surface area contributed by atoms with Gasteiger partial charge in [0.25, 0.3) is 0 Å². The molecule has 1 rings (SSSR count). The Bertz CT molecular complexity index is 395. The van der Waals surface area contributed by atoms with Gasteiger partial charge in [-0.05, 0) is 18.3 Å². The topological polar surface area (TPSA) is 85.1 Å². The number of hydrogen-bond acceptors (Lipinski definition) is 6. The Morgan fingerprint density at radius 2 is 1.85 bits per heavy atom. The molecule has 0 aliphatic carbocycles. The third-order valence-electron chi connectivity index (χ3n) is 2.98. The molecule has 0 amide bonds. The first-order valence-corrected chi connectivity index (χ1v) is 7.19. The lowest BCUT2D eigenvalue weighted by atomic mass is 10.0. The number of nitrogens with zero attached hydrogens (tertiary/aromatic N) is 2. The molecule has 0 saturated heterocycles. The highest BCUT2D eigenvalue weighted by molar-refractivity contribution is 5.58. The first-order valence-electron chi connectivity index (χ1n) is 7.19. The minimum Gasteiger partial charge on any atom is -0.380 e. The fourth-order valence-corrected chi connectivity index (χ4v) is 1.86. The van der Waals surface area contributed by atoms with Gasteiger partial charge in [-0.15, -0.1) is 0 Å². The molecule has 1 heterocycles. The molecule has 0 spiro atoms. The van der Waals surface area contributed by atoms with Crippen molar-refractivity contribution in [1.82, 2.24) is 9.97 Å². The summed E-state index contributed by atoms with van der Waals surface area (Å²) in [5, 5.41) is 3.29. The van der Waals surface area contributed by atoms with E-state index in [1.165, 1.54) is 6.33 Å². The lowest BCUT2D eigenvalue weighted by Crippen LogP contribution is -2.17. The summed E-state index contributed by atoms with van der Waals surface area (Å²) < 4.78 is 5.58. The Hall–Kier alpha value is -1.40. The van der Waals surface area contributed by atoms with E-state index in [9.17, 15) is 0 Å². The van der Waals surface area contributed by atoms with Crippen LogP contribution in [0.4, 0.5) is 11.6 Å². The molecule has 1 aromatic rings. The molecule has 0 radical (unpaired) electrons. The van der Waals surface area contributed by atoms with Gasteiger partial charge in [0.15, 0.2) is 0 Å². The fourth-order valence-electron chi connectivity index (χ4n) is 1.86. The van der Waals surface area contributed by atoms with E-state index in [4.69, 9.17) is 10.6 Å². The number of ether oxygens (including phenoxy) is 1. The average molecular weight is 281 g/mol. The Kier molecular flexibility index (Phi) is 7.25. The molecule has 6 heteroatoms. The maximum absolute atomic E-state index is 5.58. The molecule has 4 N–H and O–H groups in total. The average Bonchev–Trinajstić information content (AvgIpc) is 2.41. The minimum absolute atomic E-state index is 0.284. The predicted molar refractivity (Wildman–Crippen MR) is 82.7 cm³/mol. The number of hydrogen-bond donors (Lipinski definition) is 3. The van der Waals surface area contributed by atoms with E-state index in [0.29, 0.717) is 18.3 Å². The van der Waals surface area contributed by atoms with E-state index in [1.807, 2.05) is 0 Å². The maximum atomic E-state index is 5.58.